The fourth-order valence-electron chi connectivity index (χ4n) is 3.69. The maximum atomic E-state index is 10.1. The molecule has 2 heteroatoms. The van der Waals surface area contributed by atoms with Crippen LogP contribution in [0.1, 0.15) is 58.8 Å². The minimum atomic E-state index is -0.120. The van der Waals surface area contributed by atoms with E-state index in [0.717, 1.165) is 31.2 Å². The fourth-order valence-corrected chi connectivity index (χ4v) is 3.69. The van der Waals surface area contributed by atoms with Crippen LogP contribution in [-0.4, -0.2) is 23.8 Å². The van der Waals surface area contributed by atoms with Crippen molar-refractivity contribution in [3.05, 3.63) is 11.6 Å². The molecule has 104 valence electrons. The Balaban J connectivity index is 1.78. The van der Waals surface area contributed by atoms with Crippen LogP contribution in [0.5, 0.6) is 0 Å². The first-order valence-electron chi connectivity index (χ1n) is 7.74. The first-order chi connectivity index (χ1) is 8.65. The average Bonchev–Trinajstić information content (AvgIpc) is 2.50. The van der Waals surface area contributed by atoms with E-state index >= 15 is 0 Å². The Labute approximate surface area is 112 Å². The lowest BCUT2D eigenvalue weighted by Gasteiger charge is -2.29. The predicted octanol–water partition coefficient (Wildman–Crippen LogP) is 3.26. The van der Waals surface area contributed by atoms with Gasteiger partial charge in [-0.3, -0.25) is 0 Å². The smallest absolute Gasteiger partial charge is 0.0693 e. The SMILES string of the molecule is CC1=CC(C)CC(CNC2CCCCCC2O)C1. The van der Waals surface area contributed by atoms with Crippen molar-refractivity contribution in [2.24, 2.45) is 11.8 Å². The minimum Gasteiger partial charge on any atom is -0.392 e. The van der Waals surface area contributed by atoms with Gasteiger partial charge in [-0.15, -0.1) is 0 Å². The standard InChI is InChI=1S/C16H29NO/c1-12-8-13(2)10-14(9-12)11-17-15-6-4-3-5-7-16(15)18/h8,12,14-18H,3-7,9-11H2,1-2H3. The highest BCUT2D eigenvalue weighted by atomic mass is 16.3. The summed E-state index contributed by atoms with van der Waals surface area (Å²) in [7, 11) is 0. The van der Waals surface area contributed by atoms with Crippen molar-refractivity contribution >= 4 is 0 Å². The number of aliphatic hydroxyl groups is 1. The van der Waals surface area contributed by atoms with E-state index in [4.69, 9.17) is 0 Å². The number of hydrogen-bond acceptors (Lipinski definition) is 2. The molecule has 0 saturated heterocycles. The quantitative estimate of drug-likeness (QED) is 0.596. The molecule has 18 heavy (non-hydrogen) atoms. The summed E-state index contributed by atoms with van der Waals surface area (Å²) in [6, 6.07) is 0.342. The van der Waals surface area contributed by atoms with E-state index in [2.05, 4.69) is 25.2 Å². The van der Waals surface area contributed by atoms with Gasteiger partial charge in [-0.25, -0.2) is 0 Å². The van der Waals surface area contributed by atoms with Crippen LogP contribution in [0, 0.1) is 11.8 Å². The van der Waals surface area contributed by atoms with E-state index in [1.165, 1.54) is 32.1 Å². The van der Waals surface area contributed by atoms with E-state index in [1.54, 1.807) is 5.57 Å². The number of allylic oxidation sites excluding steroid dienone is 2. The van der Waals surface area contributed by atoms with E-state index in [1.807, 2.05) is 0 Å². The van der Waals surface area contributed by atoms with Gasteiger partial charge in [-0.1, -0.05) is 37.8 Å². The molecule has 0 spiro atoms. The summed E-state index contributed by atoms with van der Waals surface area (Å²) in [5, 5.41) is 13.8. The maximum absolute atomic E-state index is 10.1. The zero-order chi connectivity index (χ0) is 13.0. The van der Waals surface area contributed by atoms with Crippen LogP contribution in [0.3, 0.4) is 0 Å². The Bertz CT molecular complexity index is 287. The van der Waals surface area contributed by atoms with Crippen molar-refractivity contribution in [1.82, 2.24) is 5.32 Å². The second kappa shape index (κ2) is 6.72. The van der Waals surface area contributed by atoms with Gasteiger partial charge >= 0.3 is 0 Å². The summed E-state index contributed by atoms with van der Waals surface area (Å²) in [5.41, 5.74) is 1.54. The van der Waals surface area contributed by atoms with Crippen LogP contribution in [0.25, 0.3) is 0 Å². The van der Waals surface area contributed by atoms with Gasteiger partial charge in [0.05, 0.1) is 6.10 Å². The monoisotopic (exact) mass is 251 g/mol. The molecule has 0 aromatic carbocycles. The molecule has 0 radical (unpaired) electrons. The van der Waals surface area contributed by atoms with Gasteiger partial charge in [-0.05, 0) is 51.0 Å². The Morgan fingerprint density at radius 1 is 1.28 bits per heavy atom. The van der Waals surface area contributed by atoms with Gasteiger partial charge in [0.25, 0.3) is 0 Å². The summed E-state index contributed by atoms with van der Waals surface area (Å²) >= 11 is 0. The second-order valence-corrected chi connectivity index (χ2v) is 6.52. The number of nitrogens with one attached hydrogen (secondary N) is 1. The second-order valence-electron chi connectivity index (χ2n) is 6.52. The Morgan fingerprint density at radius 3 is 2.83 bits per heavy atom. The molecule has 2 aliphatic rings. The Kier molecular flexibility index (Phi) is 5.25. The van der Waals surface area contributed by atoms with Crippen LogP contribution in [0.4, 0.5) is 0 Å². The fraction of sp³-hybridized carbons (Fsp3) is 0.875. The van der Waals surface area contributed by atoms with Gasteiger partial charge in [0.2, 0.25) is 0 Å². The molecule has 2 rings (SSSR count). The molecule has 0 aromatic rings. The van der Waals surface area contributed by atoms with Crippen LogP contribution in [0.2, 0.25) is 0 Å². The van der Waals surface area contributed by atoms with Gasteiger partial charge < -0.3 is 10.4 Å². The molecule has 1 fully saturated rings. The highest BCUT2D eigenvalue weighted by Gasteiger charge is 2.23. The third-order valence-electron chi connectivity index (χ3n) is 4.53. The average molecular weight is 251 g/mol. The molecule has 4 atom stereocenters. The molecule has 0 aromatic heterocycles. The summed E-state index contributed by atoms with van der Waals surface area (Å²) in [6.45, 7) is 5.65. The van der Waals surface area contributed by atoms with Crippen molar-refractivity contribution in [3.8, 4) is 0 Å². The number of aliphatic hydroxyl groups excluding tert-OH is 1. The minimum absolute atomic E-state index is 0.120. The zero-order valence-corrected chi connectivity index (χ0v) is 12.0. The molecule has 2 N–H and O–H groups in total. The molecule has 2 nitrogen and oxygen atoms in total. The summed E-state index contributed by atoms with van der Waals surface area (Å²) in [6.07, 6.45) is 10.7. The first kappa shape index (κ1) is 14.1. The summed E-state index contributed by atoms with van der Waals surface area (Å²) in [5.74, 6) is 1.49. The molecule has 0 bridgehead atoms. The van der Waals surface area contributed by atoms with Gasteiger partial charge in [0.15, 0.2) is 0 Å². The summed E-state index contributed by atoms with van der Waals surface area (Å²) in [4.78, 5) is 0. The van der Waals surface area contributed by atoms with Crippen LogP contribution in [0.15, 0.2) is 11.6 Å². The van der Waals surface area contributed by atoms with Crippen molar-refractivity contribution in [3.63, 3.8) is 0 Å². The van der Waals surface area contributed by atoms with Crippen molar-refractivity contribution in [2.45, 2.75) is 70.9 Å². The van der Waals surface area contributed by atoms with E-state index in [-0.39, 0.29) is 6.10 Å². The van der Waals surface area contributed by atoms with Crippen molar-refractivity contribution in [1.29, 1.82) is 0 Å². The van der Waals surface area contributed by atoms with Crippen LogP contribution >= 0.6 is 0 Å². The zero-order valence-electron chi connectivity index (χ0n) is 12.0. The highest BCUT2D eigenvalue weighted by molar-refractivity contribution is 5.06. The Hall–Kier alpha value is -0.340. The topological polar surface area (TPSA) is 32.3 Å². The van der Waals surface area contributed by atoms with Crippen LogP contribution < -0.4 is 5.32 Å². The Morgan fingerprint density at radius 2 is 2.06 bits per heavy atom. The predicted molar refractivity (Wildman–Crippen MR) is 76.5 cm³/mol. The third kappa shape index (κ3) is 4.10. The van der Waals surface area contributed by atoms with E-state index in [9.17, 15) is 5.11 Å². The van der Waals surface area contributed by atoms with Gasteiger partial charge in [0, 0.05) is 6.04 Å². The van der Waals surface area contributed by atoms with E-state index in [0.29, 0.717) is 6.04 Å². The van der Waals surface area contributed by atoms with Gasteiger partial charge in [0.1, 0.15) is 0 Å². The molecular formula is C16H29NO. The number of rotatable bonds is 3. The lowest BCUT2D eigenvalue weighted by atomic mass is 9.83. The summed E-state index contributed by atoms with van der Waals surface area (Å²) < 4.78 is 0. The lowest BCUT2D eigenvalue weighted by molar-refractivity contribution is 0.117. The molecule has 0 heterocycles. The third-order valence-corrected chi connectivity index (χ3v) is 4.53. The van der Waals surface area contributed by atoms with Gasteiger partial charge in [-0.2, -0.15) is 0 Å². The molecule has 0 aliphatic heterocycles. The normalized spacial score (nSPS) is 38.1. The van der Waals surface area contributed by atoms with E-state index < -0.39 is 0 Å². The highest BCUT2D eigenvalue weighted by Crippen LogP contribution is 2.27. The number of hydrogen-bond donors (Lipinski definition) is 2. The maximum Gasteiger partial charge on any atom is 0.0693 e. The molecule has 0 amide bonds. The van der Waals surface area contributed by atoms with Crippen LogP contribution in [-0.2, 0) is 0 Å². The molecule has 4 unspecified atom stereocenters. The van der Waals surface area contributed by atoms with Crippen molar-refractivity contribution < 1.29 is 5.11 Å². The molecule has 1 saturated carbocycles. The first-order valence-corrected chi connectivity index (χ1v) is 7.74. The molecule has 2 aliphatic carbocycles. The largest absolute Gasteiger partial charge is 0.392 e. The molecular weight excluding hydrogens is 222 g/mol. The lowest BCUT2D eigenvalue weighted by Crippen LogP contribution is -2.42. The van der Waals surface area contributed by atoms with Crippen molar-refractivity contribution in [2.75, 3.05) is 6.54 Å².